The Bertz CT molecular complexity index is 1320. The summed E-state index contributed by atoms with van der Waals surface area (Å²) in [5.74, 6) is 1.09. The number of para-hydroxylation sites is 1. The summed E-state index contributed by atoms with van der Waals surface area (Å²) in [7, 11) is -2.65. The van der Waals surface area contributed by atoms with Gasteiger partial charge >= 0.3 is 0 Å². The number of phenolic OH excluding ortho intramolecular Hbond substituents is 1. The predicted molar refractivity (Wildman–Crippen MR) is 129 cm³/mol. The smallest absolute Gasteiger partial charge is 0.269 e. The van der Waals surface area contributed by atoms with E-state index in [1.54, 1.807) is 0 Å². The quantitative estimate of drug-likeness (QED) is 0.450. The van der Waals surface area contributed by atoms with Crippen molar-refractivity contribution in [2.45, 2.75) is 31.7 Å². The molecule has 0 radical (unpaired) electrons. The Labute approximate surface area is 200 Å². The Balaban J connectivity index is 1.63. The van der Waals surface area contributed by atoms with E-state index in [2.05, 4.69) is 24.2 Å². The third kappa shape index (κ3) is 4.72. The van der Waals surface area contributed by atoms with Gasteiger partial charge in [-0.15, -0.1) is 8.80 Å². The summed E-state index contributed by atoms with van der Waals surface area (Å²) in [5, 5.41) is 16.7. The van der Waals surface area contributed by atoms with Crippen molar-refractivity contribution in [2.24, 2.45) is 14.2 Å². The summed E-state index contributed by atoms with van der Waals surface area (Å²) >= 11 is -1.89. The average molecular weight is 508 g/mol. The van der Waals surface area contributed by atoms with Crippen molar-refractivity contribution in [3.05, 3.63) is 42.0 Å². The Morgan fingerprint density at radius 2 is 1.79 bits per heavy atom. The van der Waals surface area contributed by atoms with Crippen LogP contribution in [0.3, 0.4) is 0 Å². The van der Waals surface area contributed by atoms with E-state index in [4.69, 9.17) is 9.47 Å². The van der Waals surface area contributed by atoms with Crippen molar-refractivity contribution in [1.29, 1.82) is 0 Å². The number of fused-ring (bicyclic) bond motifs is 1. The van der Waals surface area contributed by atoms with Gasteiger partial charge in [-0.1, -0.05) is 32.9 Å². The van der Waals surface area contributed by atoms with Crippen molar-refractivity contribution in [3.8, 4) is 17.2 Å². The van der Waals surface area contributed by atoms with Gasteiger partial charge in [0.25, 0.3) is 11.2 Å². The third-order valence-electron chi connectivity index (χ3n) is 5.25. The van der Waals surface area contributed by atoms with Crippen LogP contribution in [0.15, 0.2) is 50.1 Å². The van der Waals surface area contributed by atoms with Crippen LogP contribution in [0.2, 0.25) is 0 Å². The van der Waals surface area contributed by atoms with E-state index < -0.39 is 26.9 Å². The lowest BCUT2D eigenvalue weighted by molar-refractivity contribution is 0.174. The number of amidine groups is 2. The zero-order valence-electron chi connectivity index (χ0n) is 18.9. The number of nitrogens with one attached hydrogen (secondary N) is 3. The lowest BCUT2D eigenvalue weighted by Crippen LogP contribution is -2.41. The molecule has 0 amide bonds. The first-order valence-corrected chi connectivity index (χ1v) is 12.8. The van der Waals surface area contributed by atoms with Gasteiger partial charge in [-0.2, -0.15) is 0 Å². The molecule has 0 spiro atoms. The highest BCUT2D eigenvalue weighted by atomic mass is 32.2. The molecule has 0 aliphatic carbocycles. The van der Waals surface area contributed by atoms with Crippen LogP contribution >= 0.6 is 0 Å². The summed E-state index contributed by atoms with van der Waals surface area (Å²) in [4.78, 5) is -0.306. The number of nitrogens with zero attached hydrogens (tertiary/aromatic N) is 2. The van der Waals surface area contributed by atoms with Gasteiger partial charge in [0.1, 0.15) is 4.90 Å². The highest BCUT2D eigenvalue weighted by molar-refractivity contribution is 7.89. The molecule has 2 heterocycles. The fourth-order valence-corrected chi connectivity index (χ4v) is 5.01. The van der Waals surface area contributed by atoms with Crippen LogP contribution in [0.1, 0.15) is 32.4 Å². The van der Waals surface area contributed by atoms with E-state index in [1.807, 2.05) is 39.0 Å². The minimum atomic E-state index is -3.90. The largest absolute Gasteiger partial charge is 0.504 e. The number of ether oxygens (including phenoxy) is 2. The second-order valence-corrected chi connectivity index (χ2v) is 11.3. The van der Waals surface area contributed by atoms with E-state index in [0.29, 0.717) is 11.5 Å². The standard InChI is InChI=1S/C21H25N5O6S2/c1-21(2,3)18(12-8-9-14-15(10-12)32-11-31-14)24-20-19(25-33(28)26-20)23-13-6-5-7-16(17(13)27)34(29,30)22-4/h5-10,18,22,27H,11H2,1-4H3,(H,23,25)(H,24,26)/t18-,33?/m0/s1. The molecule has 0 saturated heterocycles. The van der Waals surface area contributed by atoms with Crippen LogP contribution in [0.25, 0.3) is 0 Å². The van der Waals surface area contributed by atoms with Gasteiger partial charge in [0.2, 0.25) is 16.8 Å². The molecular formula is C21H25N5O6S2. The number of rotatable bonds is 5. The highest BCUT2D eigenvalue weighted by Crippen LogP contribution is 2.39. The maximum atomic E-state index is 12.2. The molecule has 4 N–H and O–H groups in total. The van der Waals surface area contributed by atoms with Crippen molar-refractivity contribution in [2.75, 3.05) is 19.2 Å². The van der Waals surface area contributed by atoms with E-state index in [-0.39, 0.29) is 40.5 Å². The maximum absolute atomic E-state index is 12.2. The van der Waals surface area contributed by atoms with Gasteiger partial charge in [0.15, 0.2) is 28.9 Å². The molecule has 11 nitrogen and oxygen atoms in total. The molecule has 0 aromatic heterocycles. The van der Waals surface area contributed by atoms with Crippen LogP contribution in [0.4, 0.5) is 5.69 Å². The molecule has 13 heteroatoms. The van der Waals surface area contributed by atoms with Gasteiger partial charge in [0.05, 0.1) is 11.7 Å². The van der Waals surface area contributed by atoms with Crippen molar-refractivity contribution < 1.29 is 27.2 Å². The van der Waals surface area contributed by atoms with Gasteiger partial charge in [0, 0.05) is 0 Å². The second-order valence-electron chi connectivity index (χ2n) is 8.65. The number of sulfonamides is 1. The molecule has 2 aliphatic rings. The molecule has 4 rings (SSSR count). The minimum Gasteiger partial charge on any atom is -0.504 e. The normalized spacial score (nSPS) is 18.3. The number of benzene rings is 2. The molecule has 2 atom stereocenters. The highest BCUT2D eigenvalue weighted by Gasteiger charge is 2.32. The van der Waals surface area contributed by atoms with E-state index in [0.717, 1.165) is 5.56 Å². The molecule has 34 heavy (non-hydrogen) atoms. The van der Waals surface area contributed by atoms with Gasteiger partial charge < -0.3 is 25.2 Å². The lowest BCUT2D eigenvalue weighted by Gasteiger charge is -2.32. The summed E-state index contributed by atoms with van der Waals surface area (Å²) in [6.07, 6.45) is 0. The molecule has 0 bridgehead atoms. The molecule has 2 aromatic carbocycles. The van der Waals surface area contributed by atoms with Gasteiger partial charge in [-0.05, 0) is 42.3 Å². The summed E-state index contributed by atoms with van der Waals surface area (Å²) < 4.78 is 57.7. The monoisotopic (exact) mass is 507 g/mol. The first-order chi connectivity index (χ1) is 16.0. The summed E-state index contributed by atoms with van der Waals surface area (Å²) in [6.45, 7) is 6.25. The summed E-state index contributed by atoms with van der Waals surface area (Å²) in [6, 6.07) is 9.52. The number of aromatic hydroxyl groups is 1. The van der Waals surface area contributed by atoms with Crippen LogP contribution in [0.5, 0.6) is 17.2 Å². The summed E-state index contributed by atoms with van der Waals surface area (Å²) in [5.41, 5.74) is 0.647. The van der Waals surface area contributed by atoms with Crippen molar-refractivity contribution in [3.63, 3.8) is 0 Å². The van der Waals surface area contributed by atoms with Crippen LogP contribution < -0.4 is 24.8 Å². The van der Waals surface area contributed by atoms with Crippen LogP contribution in [-0.2, 0) is 21.2 Å². The molecule has 1 unspecified atom stereocenters. The topological polar surface area (TPSA) is 151 Å². The maximum Gasteiger partial charge on any atom is 0.269 e. The fourth-order valence-electron chi connectivity index (χ4n) is 3.55. The molecule has 2 aromatic rings. The fraction of sp³-hybridized carbons (Fsp3) is 0.333. The molecule has 0 fully saturated rings. The van der Waals surface area contributed by atoms with Gasteiger partial charge in [-0.25, -0.2) is 17.3 Å². The minimum absolute atomic E-state index is 0.0684. The zero-order valence-corrected chi connectivity index (χ0v) is 20.6. The SMILES string of the molecule is CNS(=O)(=O)c1cccc(NC2=NS(=O)N=C2N[C@@H](c2ccc3c(c2)OCO3)C(C)(C)C)c1O. The number of anilines is 1. The van der Waals surface area contributed by atoms with Crippen LogP contribution in [0, 0.1) is 5.41 Å². The number of hydrogen-bond donors (Lipinski definition) is 4. The van der Waals surface area contributed by atoms with Crippen molar-refractivity contribution in [1.82, 2.24) is 10.0 Å². The average Bonchev–Trinajstić information content (AvgIpc) is 3.37. The zero-order chi connectivity index (χ0) is 24.7. The first kappa shape index (κ1) is 24.0. The third-order valence-corrected chi connectivity index (χ3v) is 7.37. The van der Waals surface area contributed by atoms with E-state index in [1.165, 1.54) is 25.2 Å². The van der Waals surface area contributed by atoms with Gasteiger partial charge in [-0.3, -0.25) is 0 Å². The van der Waals surface area contributed by atoms with E-state index >= 15 is 0 Å². The Morgan fingerprint density at radius 1 is 1.09 bits per heavy atom. The van der Waals surface area contributed by atoms with E-state index in [9.17, 15) is 17.7 Å². The molecule has 0 saturated carbocycles. The number of hydrogen-bond acceptors (Lipinski definition) is 8. The Kier molecular flexibility index (Phi) is 6.27. The molecule has 2 aliphatic heterocycles. The Hall–Kier alpha value is -3.16. The van der Waals surface area contributed by atoms with Crippen molar-refractivity contribution >= 4 is 38.6 Å². The Morgan fingerprint density at radius 3 is 2.50 bits per heavy atom. The van der Waals surface area contributed by atoms with Crippen LogP contribution in [-0.4, -0.2) is 43.2 Å². The number of phenols is 1. The first-order valence-electron chi connectivity index (χ1n) is 10.3. The lowest BCUT2D eigenvalue weighted by atomic mass is 9.82. The predicted octanol–water partition coefficient (Wildman–Crippen LogP) is 2.21. The molecule has 182 valence electrons. The second kappa shape index (κ2) is 8.89. The molecular weight excluding hydrogens is 482 g/mol.